The molecular formula is C37H48N6O6S. The quantitative estimate of drug-likeness (QED) is 0.113. The van der Waals surface area contributed by atoms with Crippen molar-refractivity contribution in [2.24, 2.45) is 5.92 Å². The average molecular weight is 705 g/mol. The summed E-state index contributed by atoms with van der Waals surface area (Å²) in [5, 5.41) is 20.5. The van der Waals surface area contributed by atoms with Crippen molar-refractivity contribution in [1.29, 1.82) is 0 Å². The molecule has 2 aromatic heterocycles. The first-order chi connectivity index (χ1) is 24.0. The number of nitrogens with one attached hydrogen (secondary N) is 3. The summed E-state index contributed by atoms with van der Waals surface area (Å²) in [5.74, 6) is 0.0885. The molecule has 0 aliphatic carbocycles. The van der Waals surface area contributed by atoms with Gasteiger partial charge in [-0.15, -0.1) is 11.3 Å². The summed E-state index contributed by atoms with van der Waals surface area (Å²) in [7, 11) is 1.63. The number of carbonyl (C=O) groups excluding carboxylic acids is 3. The summed E-state index contributed by atoms with van der Waals surface area (Å²) in [6.07, 6.45) is 2.32. The minimum Gasteiger partial charge on any atom is -0.448 e. The Hall–Kier alpha value is -4.75. The second-order valence-electron chi connectivity index (χ2n) is 13.0. The van der Waals surface area contributed by atoms with Gasteiger partial charge in [0.15, 0.2) is 5.89 Å². The third-order valence-electron chi connectivity index (χ3n) is 8.13. The van der Waals surface area contributed by atoms with Gasteiger partial charge in [-0.25, -0.2) is 14.6 Å². The number of aliphatic hydroxyl groups is 1. The Bertz CT molecular complexity index is 1620. The number of nitrogens with zero attached hydrogens (tertiary/aromatic N) is 3. The van der Waals surface area contributed by atoms with Crippen molar-refractivity contribution in [3.8, 4) is 0 Å². The monoisotopic (exact) mass is 704 g/mol. The van der Waals surface area contributed by atoms with E-state index in [1.54, 1.807) is 18.8 Å². The van der Waals surface area contributed by atoms with Gasteiger partial charge >= 0.3 is 12.1 Å². The number of hydrogen-bond acceptors (Lipinski definition) is 9. The van der Waals surface area contributed by atoms with Gasteiger partial charge in [-0.1, -0.05) is 88.4 Å². The molecule has 12 nitrogen and oxygen atoms in total. The standard InChI is InChI=1S/C37H48N6O6S/c1-24(2)33(42-36(46)43(5)20-29-21-48-35(40-29)25(3)4)34(45)39-28(16-26-12-8-6-9-13-26)18-32(44)31(17-27-14-10-7-11-15-27)41-37(47)49-22-30-19-38-23-50-30/h6-15,19,21,23-25,28,31-33,44H,16-18,20,22H2,1-5H3,(H,39,45)(H,41,47)(H,42,46)/t28-,31-,32-,33-/m0/s1. The minimum absolute atomic E-state index is 0.0619. The molecule has 0 fully saturated rings. The lowest BCUT2D eigenvalue weighted by atomic mass is 9.93. The van der Waals surface area contributed by atoms with Crippen molar-refractivity contribution in [2.75, 3.05) is 7.05 Å². The molecule has 50 heavy (non-hydrogen) atoms. The Kier molecular flexibility index (Phi) is 14.4. The number of alkyl carbamates (subject to hydrolysis) is 1. The SMILES string of the molecule is CC(C)c1nc(CN(C)C(=O)N[C@H](C(=O)N[C@@H](Cc2ccccc2)C[C@H](O)[C@H](Cc2ccccc2)NC(=O)OCc2cncs2)C(C)C)co1. The Morgan fingerprint density at radius 1 is 0.940 bits per heavy atom. The number of hydrogen-bond donors (Lipinski definition) is 4. The molecule has 0 saturated carbocycles. The molecule has 0 bridgehead atoms. The summed E-state index contributed by atoms with van der Waals surface area (Å²) >= 11 is 1.38. The fourth-order valence-corrected chi connectivity index (χ4v) is 5.89. The van der Waals surface area contributed by atoms with E-state index in [1.807, 2.05) is 88.4 Å². The highest BCUT2D eigenvalue weighted by molar-refractivity contribution is 7.09. The highest BCUT2D eigenvalue weighted by atomic mass is 32.1. The Labute approximate surface area is 297 Å². The second-order valence-corrected chi connectivity index (χ2v) is 14.0. The van der Waals surface area contributed by atoms with E-state index in [0.29, 0.717) is 24.4 Å². The van der Waals surface area contributed by atoms with Gasteiger partial charge in [0.25, 0.3) is 0 Å². The van der Waals surface area contributed by atoms with Crippen LogP contribution in [0.15, 0.2) is 83.1 Å². The van der Waals surface area contributed by atoms with Crippen molar-refractivity contribution in [2.45, 2.75) is 90.3 Å². The van der Waals surface area contributed by atoms with Gasteiger partial charge in [0.2, 0.25) is 5.91 Å². The molecule has 0 spiro atoms. The largest absolute Gasteiger partial charge is 0.448 e. The molecule has 268 valence electrons. The van der Waals surface area contributed by atoms with Crippen LogP contribution in [0.5, 0.6) is 0 Å². The lowest BCUT2D eigenvalue weighted by molar-refractivity contribution is -0.124. The van der Waals surface area contributed by atoms with Gasteiger partial charge in [0.1, 0.15) is 18.9 Å². The van der Waals surface area contributed by atoms with E-state index >= 15 is 0 Å². The maximum Gasteiger partial charge on any atom is 0.407 e. The third kappa shape index (κ3) is 12.0. The molecule has 2 aromatic carbocycles. The zero-order chi connectivity index (χ0) is 36.0. The van der Waals surface area contributed by atoms with Crippen LogP contribution in [-0.4, -0.2) is 69.3 Å². The number of ether oxygens (including phenoxy) is 1. The maximum absolute atomic E-state index is 13.9. The van der Waals surface area contributed by atoms with E-state index in [0.717, 1.165) is 16.0 Å². The van der Waals surface area contributed by atoms with Gasteiger partial charge < -0.3 is 35.1 Å². The van der Waals surface area contributed by atoms with Crippen LogP contribution in [0.4, 0.5) is 9.59 Å². The average Bonchev–Trinajstić information content (AvgIpc) is 3.79. The number of urea groups is 1. The molecule has 2 heterocycles. The summed E-state index contributed by atoms with van der Waals surface area (Å²) in [5.41, 5.74) is 4.15. The molecule has 4 N–H and O–H groups in total. The second kappa shape index (κ2) is 18.9. The zero-order valence-electron chi connectivity index (χ0n) is 29.2. The van der Waals surface area contributed by atoms with Crippen LogP contribution in [0, 0.1) is 5.92 Å². The molecule has 0 aliphatic heterocycles. The van der Waals surface area contributed by atoms with Crippen molar-refractivity contribution in [3.05, 3.63) is 106 Å². The van der Waals surface area contributed by atoms with Crippen molar-refractivity contribution < 1.29 is 28.6 Å². The molecule has 4 rings (SSSR count). The number of aromatic nitrogens is 2. The van der Waals surface area contributed by atoms with Crippen molar-refractivity contribution in [3.63, 3.8) is 0 Å². The normalized spacial score (nSPS) is 13.7. The van der Waals surface area contributed by atoms with Crippen molar-refractivity contribution in [1.82, 2.24) is 30.8 Å². The molecule has 4 amide bonds. The highest BCUT2D eigenvalue weighted by Crippen LogP contribution is 2.17. The van der Waals surface area contributed by atoms with E-state index in [2.05, 4.69) is 25.9 Å². The van der Waals surface area contributed by atoms with E-state index in [-0.39, 0.29) is 37.3 Å². The van der Waals surface area contributed by atoms with Crippen LogP contribution in [-0.2, 0) is 35.5 Å². The van der Waals surface area contributed by atoms with Gasteiger partial charge in [-0.3, -0.25) is 9.78 Å². The Balaban J connectivity index is 1.46. The lowest BCUT2D eigenvalue weighted by Crippen LogP contribution is -2.55. The first kappa shape index (κ1) is 38.1. The number of oxazole rings is 1. The molecule has 4 aromatic rings. The van der Waals surface area contributed by atoms with Crippen LogP contribution < -0.4 is 16.0 Å². The molecule has 0 radical (unpaired) electrons. The van der Waals surface area contributed by atoms with Crippen LogP contribution in [0.2, 0.25) is 0 Å². The first-order valence-corrected chi connectivity index (χ1v) is 17.7. The number of aliphatic hydroxyl groups excluding tert-OH is 1. The van der Waals surface area contributed by atoms with Crippen LogP contribution in [0.3, 0.4) is 0 Å². The van der Waals surface area contributed by atoms with Gasteiger partial charge in [0, 0.05) is 25.2 Å². The van der Waals surface area contributed by atoms with E-state index in [4.69, 9.17) is 9.15 Å². The molecule has 0 saturated heterocycles. The van der Waals surface area contributed by atoms with Crippen molar-refractivity contribution >= 4 is 29.4 Å². The number of thiazole rings is 1. The van der Waals surface area contributed by atoms with Crippen LogP contribution >= 0.6 is 11.3 Å². The number of carbonyl (C=O) groups is 3. The maximum atomic E-state index is 13.9. The zero-order valence-corrected chi connectivity index (χ0v) is 30.1. The number of benzene rings is 2. The van der Waals surface area contributed by atoms with E-state index in [1.165, 1.54) is 22.5 Å². The molecule has 0 unspecified atom stereocenters. The molecule has 13 heteroatoms. The molecule has 4 atom stereocenters. The van der Waals surface area contributed by atoms with Crippen LogP contribution in [0.25, 0.3) is 0 Å². The van der Waals surface area contributed by atoms with Gasteiger partial charge in [0.05, 0.1) is 34.8 Å². The minimum atomic E-state index is -1.06. The lowest BCUT2D eigenvalue weighted by Gasteiger charge is -2.30. The highest BCUT2D eigenvalue weighted by Gasteiger charge is 2.31. The summed E-state index contributed by atoms with van der Waals surface area (Å²) in [4.78, 5) is 50.7. The Morgan fingerprint density at radius 2 is 1.60 bits per heavy atom. The van der Waals surface area contributed by atoms with Crippen LogP contribution in [0.1, 0.15) is 67.6 Å². The smallest absolute Gasteiger partial charge is 0.407 e. The van der Waals surface area contributed by atoms with Gasteiger partial charge in [-0.2, -0.15) is 0 Å². The van der Waals surface area contributed by atoms with E-state index < -0.39 is 36.4 Å². The molecule has 0 aliphatic rings. The summed E-state index contributed by atoms with van der Waals surface area (Å²) in [6.45, 7) is 7.93. The first-order valence-electron chi connectivity index (χ1n) is 16.8. The topological polar surface area (TPSA) is 159 Å². The Morgan fingerprint density at radius 3 is 2.18 bits per heavy atom. The number of amides is 4. The van der Waals surface area contributed by atoms with E-state index in [9.17, 15) is 19.5 Å². The fraction of sp³-hybridized carbons (Fsp3) is 0.432. The summed E-state index contributed by atoms with van der Waals surface area (Å²) in [6, 6.07) is 16.6. The predicted octanol–water partition coefficient (Wildman–Crippen LogP) is 5.44. The third-order valence-corrected chi connectivity index (χ3v) is 8.88. The molecular weight excluding hydrogens is 657 g/mol. The fourth-order valence-electron chi connectivity index (χ4n) is 5.39. The summed E-state index contributed by atoms with van der Waals surface area (Å²) < 4.78 is 10.9. The number of rotatable bonds is 17. The van der Waals surface area contributed by atoms with Gasteiger partial charge in [-0.05, 0) is 36.3 Å². The predicted molar refractivity (Wildman–Crippen MR) is 191 cm³/mol.